The maximum atomic E-state index is 12.0. The third-order valence-corrected chi connectivity index (χ3v) is 3.02. The Balaban J connectivity index is 0. The summed E-state index contributed by atoms with van der Waals surface area (Å²) in [6, 6.07) is -1.34. The van der Waals surface area contributed by atoms with Gasteiger partial charge >= 0.3 is 5.97 Å². The zero-order valence-electron chi connectivity index (χ0n) is 13.9. The first-order valence-corrected chi connectivity index (χ1v) is 7.29. The van der Waals surface area contributed by atoms with E-state index in [9.17, 15) is 9.59 Å². The van der Waals surface area contributed by atoms with Crippen molar-refractivity contribution in [2.24, 2.45) is 11.1 Å². The molecule has 1 amide bonds. The Hall–Kier alpha value is -1.54. The van der Waals surface area contributed by atoms with E-state index < -0.39 is 18.1 Å². The van der Waals surface area contributed by atoms with E-state index >= 15 is 0 Å². The summed E-state index contributed by atoms with van der Waals surface area (Å²) in [7, 11) is 0. The molecule has 1 heterocycles. The van der Waals surface area contributed by atoms with Gasteiger partial charge in [-0.15, -0.1) is 12.8 Å². The molecule has 0 aromatic heterocycles. The maximum absolute atomic E-state index is 12.0. The Morgan fingerprint density at radius 3 is 2.10 bits per heavy atom. The monoisotopic (exact) mass is 298 g/mol. The molecule has 1 unspecified atom stereocenters. The highest BCUT2D eigenvalue weighted by atomic mass is 16.4. The molecule has 1 aliphatic rings. The summed E-state index contributed by atoms with van der Waals surface area (Å²) in [5.41, 5.74) is 5.51. The van der Waals surface area contributed by atoms with Crippen LogP contribution in [0.2, 0.25) is 0 Å². The fourth-order valence-electron chi connectivity index (χ4n) is 1.84. The molecule has 0 aliphatic carbocycles. The quantitative estimate of drug-likeness (QED) is 0.765. The van der Waals surface area contributed by atoms with Crippen LogP contribution in [0.4, 0.5) is 0 Å². The van der Waals surface area contributed by atoms with Gasteiger partial charge in [0.1, 0.15) is 6.04 Å². The topological polar surface area (TPSA) is 83.6 Å². The SMILES string of the molecule is C#C.CC(C)(C)C(N)C(=O)N1CCC[C@H]1C(=O)O.CCC. The van der Waals surface area contributed by atoms with Crippen molar-refractivity contribution in [3.63, 3.8) is 0 Å². The van der Waals surface area contributed by atoms with Crippen LogP contribution in [-0.2, 0) is 9.59 Å². The predicted octanol–water partition coefficient (Wildman–Crippen LogP) is 2.10. The Morgan fingerprint density at radius 2 is 1.76 bits per heavy atom. The van der Waals surface area contributed by atoms with Crippen LogP contribution in [0.25, 0.3) is 0 Å². The fraction of sp³-hybridized carbons (Fsp3) is 0.750. The Bertz CT molecular complexity index is 345. The van der Waals surface area contributed by atoms with Gasteiger partial charge in [0.2, 0.25) is 5.91 Å². The van der Waals surface area contributed by atoms with Gasteiger partial charge in [-0.05, 0) is 18.3 Å². The fourth-order valence-corrected chi connectivity index (χ4v) is 1.84. The van der Waals surface area contributed by atoms with Gasteiger partial charge < -0.3 is 15.7 Å². The van der Waals surface area contributed by atoms with Gasteiger partial charge in [-0.2, -0.15) is 0 Å². The van der Waals surface area contributed by atoms with Crippen molar-refractivity contribution >= 4 is 11.9 Å². The molecular formula is C16H30N2O3. The number of hydrogen-bond donors (Lipinski definition) is 2. The van der Waals surface area contributed by atoms with Crippen LogP contribution in [-0.4, -0.2) is 40.5 Å². The summed E-state index contributed by atoms with van der Waals surface area (Å²) in [6.45, 7) is 10.4. The van der Waals surface area contributed by atoms with Crippen LogP contribution in [0.1, 0.15) is 53.9 Å². The molecule has 5 nitrogen and oxygen atoms in total. The standard InChI is InChI=1S/C11H20N2O3.C3H8.C2H2/c1-11(2,3)8(12)9(14)13-6-4-5-7(13)10(15)16;1-3-2;1-2/h7-8H,4-6,12H2,1-3H3,(H,15,16);3H2,1-2H3;1-2H/t7-,8?;;/m0../s1. The molecule has 0 aromatic rings. The molecule has 0 saturated carbocycles. The van der Waals surface area contributed by atoms with Crippen molar-refractivity contribution in [3.8, 4) is 12.8 Å². The molecule has 122 valence electrons. The summed E-state index contributed by atoms with van der Waals surface area (Å²) < 4.78 is 0. The smallest absolute Gasteiger partial charge is 0.326 e. The number of carboxylic acid groups (broad SMARTS) is 1. The Labute approximate surface area is 128 Å². The number of carbonyl (C=O) groups is 2. The van der Waals surface area contributed by atoms with E-state index in [0.717, 1.165) is 6.42 Å². The lowest BCUT2D eigenvalue weighted by atomic mass is 9.86. The lowest BCUT2D eigenvalue weighted by molar-refractivity contribution is -0.149. The minimum absolute atomic E-state index is 0.252. The number of carbonyl (C=O) groups excluding carboxylic acids is 1. The first-order valence-electron chi connectivity index (χ1n) is 7.29. The van der Waals surface area contributed by atoms with Crippen molar-refractivity contribution in [2.45, 2.75) is 66.0 Å². The van der Waals surface area contributed by atoms with Crippen molar-refractivity contribution in [3.05, 3.63) is 0 Å². The first-order chi connectivity index (χ1) is 9.66. The third-order valence-electron chi connectivity index (χ3n) is 3.02. The van der Waals surface area contributed by atoms with Crippen molar-refractivity contribution < 1.29 is 14.7 Å². The largest absolute Gasteiger partial charge is 0.480 e. The van der Waals surface area contributed by atoms with Gasteiger partial charge in [0, 0.05) is 6.54 Å². The Morgan fingerprint density at radius 1 is 1.33 bits per heavy atom. The Kier molecular flexibility index (Phi) is 10.6. The van der Waals surface area contributed by atoms with Gasteiger partial charge in [0.05, 0.1) is 6.04 Å². The zero-order chi connectivity index (χ0) is 17.2. The van der Waals surface area contributed by atoms with Crippen LogP contribution in [0, 0.1) is 18.3 Å². The predicted molar refractivity (Wildman–Crippen MR) is 85.7 cm³/mol. The lowest BCUT2D eigenvalue weighted by Gasteiger charge is -2.31. The van der Waals surface area contributed by atoms with Crippen molar-refractivity contribution in [2.75, 3.05) is 6.54 Å². The second kappa shape index (κ2) is 10.2. The number of amides is 1. The van der Waals surface area contributed by atoms with Crippen LogP contribution in [0.3, 0.4) is 0 Å². The second-order valence-electron chi connectivity index (χ2n) is 6.08. The number of hydrogen-bond acceptors (Lipinski definition) is 3. The number of nitrogens with two attached hydrogens (primary N) is 1. The normalized spacial score (nSPS) is 18.7. The molecule has 0 aromatic carbocycles. The maximum Gasteiger partial charge on any atom is 0.326 e. The lowest BCUT2D eigenvalue weighted by Crippen LogP contribution is -2.53. The van der Waals surface area contributed by atoms with Gasteiger partial charge in [-0.25, -0.2) is 4.79 Å². The molecule has 21 heavy (non-hydrogen) atoms. The number of terminal acetylenes is 1. The summed E-state index contributed by atoms with van der Waals surface area (Å²) in [5, 5.41) is 8.98. The molecule has 5 heteroatoms. The molecule has 1 rings (SSSR count). The molecule has 0 bridgehead atoms. The van der Waals surface area contributed by atoms with E-state index in [2.05, 4.69) is 26.7 Å². The van der Waals surface area contributed by atoms with Gasteiger partial charge in [-0.3, -0.25) is 4.79 Å². The highest BCUT2D eigenvalue weighted by Crippen LogP contribution is 2.24. The van der Waals surface area contributed by atoms with E-state index in [1.54, 1.807) is 0 Å². The van der Waals surface area contributed by atoms with Gasteiger partial charge in [0.25, 0.3) is 0 Å². The summed E-state index contributed by atoms with van der Waals surface area (Å²) in [6.07, 6.45) is 10.5. The first kappa shape index (κ1) is 21.8. The van der Waals surface area contributed by atoms with E-state index in [-0.39, 0.29) is 11.3 Å². The van der Waals surface area contributed by atoms with Gasteiger partial charge in [0.15, 0.2) is 0 Å². The molecule has 3 N–H and O–H groups in total. The summed E-state index contributed by atoms with van der Waals surface area (Å²) >= 11 is 0. The molecule has 2 atom stereocenters. The number of likely N-dealkylation sites (tertiary alicyclic amines) is 1. The van der Waals surface area contributed by atoms with E-state index in [1.165, 1.54) is 11.3 Å². The number of rotatable bonds is 2. The third kappa shape index (κ3) is 7.14. The average Bonchev–Trinajstić information content (AvgIpc) is 2.88. The summed E-state index contributed by atoms with van der Waals surface area (Å²) in [5.74, 6) is -1.19. The minimum atomic E-state index is -0.938. The van der Waals surface area contributed by atoms with Gasteiger partial charge in [-0.1, -0.05) is 41.0 Å². The number of aliphatic carboxylic acids is 1. The highest BCUT2D eigenvalue weighted by molar-refractivity contribution is 5.87. The minimum Gasteiger partial charge on any atom is -0.480 e. The second-order valence-corrected chi connectivity index (χ2v) is 6.08. The van der Waals surface area contributed by atoms with Crippen molar-refractivity contribution in [1.29, 1.82) is 0 Å². The van der Waals surface area contributed by atoms with E-state index in [0.29, 0.717) is 13.0 Å². The molecule has 0 radical (unpaired) electrons. The van der Waals surface area contributed by atoms with Crippen LogP contribution in [0.5, 0.6) is 0 Å². The summed E-state index contributed by atoms with van der Waals surface area (Å²) in [4.78, 5) is 24.4. The number of nitrogens with zero attached hydrogens (tertiary/aromatic N) is 1. The number of carboxylic acids is 1. The highest BCUT2D eigenvalue weighted by Gasteiger charge is 2.39. The van der Waals surface area contributed by atoms with E-state index in [1.807, 2.05) is 20.8 Å². The van der Waals surface area contributed by atoms with Crippen molar-refractivity contribution in [1.82, 2.24) is 4.90 Å². The van der Waals surface area contributed by atoms with Crippen LogP contribution < -0.4 is 5.73 Å². The zero-order valence-corrected chi connectivity index (χ0v) is 13.9. The average molecular weight is 298 g/mol. The van der Waals surface area contributed by atoms with E-state index in [4.69, 9.17) is 10.8 Å². The molecule has 0 spiro atoms. The molecule has 1 aliphatic heterocycles. The molecular weight excluding hydrogens is 268 g/mol. The van der Waals surface area contributed by atoms with Crippen LogP contribution in [0.15, 0.2) is 0 Å². The molecule has 1 saturated heterocycles. The molecule has 1 fully saturated rings. The van der Waals surface area contributed by atoms with Crippen LogP contribution >= 0.6 is 0 Å².